The van der Waals surface area contributed by atoms with Gasteiger partial charge in [-0.15, -0.1) is 5.10 Å². The molecule has 0 saturated heterocycles. The predicted octanol–water partition coefficient (Wildman–Crippen LogP) is -1.39. The highest BCUT2D eigenvalue weighted by Crippen LogP contribution is 1.81. The zero-order valence-electron chi connectivity index (χ0n) is 4.83. The molecule has 0 aromatic carbocycles. The van der Waals surface area contributed by atoms with E-state index in [0.717, 1.165) is 23.8 Å². The average Bonchev–Trinajstić information content (AvgIpc) is 2.33. The van der Waals surface area contributed by atoms with Crippen LogP contribution in [0.4, 0.5) is 0 Å². The molecule has 0 aliphatic carbocycles. The van der Waals surface area contributed by atoms with Gasteiger partial charge in [0.15, 0.2) is 5.49 Å². The van der Waals surface area contributed by atoms with Gasteiger partial charge in [0.2, 0.25) is 0 Å². The van der Waals surface area contributed by atoms with E-state index in [1.807, 2.05) is 0 Å². The van der Waals surface area contributed by atoms with Gasteiger partial charge in [-0.05, 0) is 6.42 Å². The first-order valence-corrected chi connectivity index (χ1v) is 2.88. The normalized spacial score (nSPS) is 15.6. The molecule has 0 fully saturated rings. The molecule has 0 radical (unpaired) electrons. The maximum Gasteiger partial charge on any atom is 0.196 e. The highest BCUT2D eigenvalue weighted by molar-refractivity contribution is 5.17. The second-order valence-electron chi connectivity index (χ2n) is 1.92. The van der Waals surface area contributed by atoms with Crippen LogP contribution in [0.1, 0.15) is 6.42 Å². The minimum Gasteiger partial charge on any atom is -0.263 e. The molecular weight excluding hydrogens is 116 g/mol. The predicted molar refractivity (Wildman–Crippen MR) is 31.1 cm³/mol. The van der Waals surface area contributed by atoms with Gasteiger partial charge >= 0.3 is 0 Å². The van der Waals surface area contributed by atoms with E-state index in [1.165, 1.54) is 0 Å². The smallest absolute Gasteiger partial charge is 0.196 e. The molecule has 1 aliphatic rings. The standard InChI is InChI=1S/C5H6N4/c1-2-4-5(6-3-1)8-9-7-4/h2H,1,3H2,(H,6,7,8). The summed E-state index contributed by atoms with van der Waals surface area (Å²) in [5.41, 5.74) is 0.751. The van der Waals surface area contributed by atoms with Gasteiger partial charge in [-0.1, -0.05) is 11.3 Å². The third-order valence-electron chi connectivity index (χ3n) is 1.30. The minimum atomic E-state index is 0.751. The van der Waals surface area contributed by atoms with Gasteiger partial charge in [-0.3, -0.25) is 10.1 Å². The summed E-state index contributed by atoms with van der Waals surface area (Å²) in [6, 6.07) is 0. The number of hydrogen-bond donors (Lipinski definition) is 1. The Hall–Kier alpha value is -1.19. The zero-order valence-corrected chi connectivity index (χ0v) is 4.83. The Morgan fingerprint density at radius 1 is 1.56 bits per heavy atom. The Bertz CT molecular complexity index is 279. The Morgan fingerprint density at radius 2 is 2.56 bits per heavy atom. The Labute approximate surface area is 51.3 Å². The van der Waals surface area contributed by atoms with Gasteiger partial charge in [-0.25, -0.2) is 0 Å². The molecule has 0 atom stereocenters. The highest BCUT2D eigenvalue weighted by atomic mass is 15.3. The van der Waals surface area contributed by atoms with Crippen molar-refractivity contribution < 1.29 is 0 Å². The maximum atomic E-state index is 4.12. The lowest BCUT2D eigenvalue weighted by Crippen LogP contribution is -2.27. The summed E-state index contributed by atoms with van der Waals surface area (Å²) < 4.78 is 0. The summed E-state index contributed by atoms with van der Waals surface area (Å²) in [5, 5.41) is 11.1. The summed E-state index contributed by atoms with van der Waals surface area (Å²) in [6.45, 7) is 0.847. The van der Waals surface area contributed by atoms with E-state index in [4.69, 9.17) is 0 Å². The van der Waals surface area contributed by atoms with Crippen molar-refractivity contribution in [3.8, 4) is 0 Å². The van der Waals surface area contributed by atoms with Crippen LogP contribution in [0.5, 0.6) is 0 Å². The number of rotatable bonds is 0. The Kier molecular flexibility index (Phi) is 0.855. The van der Waals surface area contributed by atoms with E-state index in [2.05, 4.69) is 26.5 Å². The number of aromatic amines is 1. The van der Waals surface area contributed by atoms with Crippen LogP contribution >= 0.6 is 0 Å². The van der Waals surface area contributed by atoms with E-state index in [9.17, 15) is 0 Å². The molecule has 1 N–H and O–H groups in total. The first-order chi connectivity index (χ1) is 4.47. The van der Waals surface area contributed by atoms with Gasteiger partial charge in [-0.2, -0.15) is 0 Å². The first kappa shape index (κ1) is 4.67. The monoisotopic (exact) mass is 122 g/mol. The van der Waals surface area contributed by atoms with E-state index < -0.39 is 0 Å². The fourth-order valence-corrected chi connectivity index (χ4v) is 0.863. The molecule has 1 aromatic heterocycles. The van der Waals surface area contributed by atoms with E-state index in [0.29, 0.717) is 0 Å². The highest BCUT2D eigenvalue weighted by Gasteiger charge is 1.94. The summed E-state index contributed by atoms with van der Waals surface area (Å²) in [7, 11) is 0. The zero-order chi connectivity index (χ0) is 6.10. The first-order valence-electron chi connectivity index (χ1n) is 2.88. The lowest BCUT2D eigenvalue weighted by Gasteiger charge is -1.88. The molecule has 4 heteroatoms. The summed E-state index contributed by atoms with van der Waals surface area (Å²) >= 11 is 0. The van der Waals surface area contributed by atoms with Crippen LogP contribution in [0.25, 0.3) is 6.08 Å². The van der Waals surface area contributed by atoms with E-state index in [1.54, 1.807) is 0 Å². The van der Waals surface area contributed by atoms with Crippen LogP contribution in [0.2, 0.25) is 0 Å². The fraction of sp³-hybridized carbons (Fsp3) is 0.400. The van der Waals surface area contributed by atoms with Crippen molar-refractivity contribution in [1.82, 2.24) is 15.4 Å². The van der Waals surface area contributed by atoms with Crippen LogP contribution in [-0.4, -0.2) is 22.0 Å². The van der Waals surface area contributed by atoms with E-state index in [-0.39, 0.29) is 0 Å². The van der Waals surface area contributed by atoms with Crippen LogP contribution in [0.15, 0.2) is 4.99 Å². The van der Waals surface area contributed by atoms with Gasteiger partial charge in [0.05, 0.1) is 0 Å². The Morgan fingerprint density at radius 3 is 3.44 bits per heavy atom. The van der Waals surface area contributed by atoms with Crippen molar-refractivity contribution in [2.45, 2.75) is 6.42 Å². The lowest BCUT2D eigenvalue weighted by atomic mass is 10.3. The molecule has 0 amide bonds. The van der Waals surface area contributed by atoms with Crippen LogP contribution in [0, 0.1) is 0 Å². The third kappa shape index (κ3) is 0.630. The second-order valence-corrected chi connectivity index (χ2v) is 1.92. The molecule has 9 heavy (non-hydrogen) atoms. The largest absolute Gasteiger partial charge is 0.263 e. The fourth-order valence-electron chi connectivity index (χ4n) is 0.863. The van der Waals surface area contributed by atoms with Crippen molar-refractivity contribution in [3.05, 3.63) is 10.8 Å². The molecule has 1 aromatic rings. The van der Waals surface area contributed by atoms with Crippen molar-refractivity contribution in [1.29, 1.82) is 0 Å². The third-order valence-corrected chi connectivity index (χ3v) is 1.30. The van der Waals surface area contributed by atoms with Crippen LogP contribution in [0.3, 0.4) is 0 Å². The molecule has 46 valence electrons. The summed E-state index contributed by atoms with van der Waals surface area (Å²) in [6.07, 6.45) is 3.05. The lowest BCUT2D eigenvalue weighted by molar-refractivity contribution is 0.897. The van der Waals surface area contributed by atoms with Crippen LogP contribution < -0.4 is 10.8 Å². The molecule has 0 bridgehead atoms. The van der Waals surface area contributed by atoms with Crippen molar-refractivity contribution in [2.75, 3.05) is 6.54 Å². The number of fused-ring (bicyclic) bond motifs is 1. The quantitative estimate of drug-likeness (QED) is 0.460. The second kappa shape index (κ2) is 1.65. The summed E-state index contributed by atoms with van der Waals surface area (Å²) in [4.78, 5) is 4.12. The number of nitrogens with zero attached hydrogens (tertiary/aromatic N) is 3. The number of nitrogens with one attached hydrogen (secondary N) is 1. The molecule has 0 unspecified atom stereocenters. The number of aromatic nitrogens is 3. The molecule has 0 spiro atoms. The molecular formula is C5H6N4. The molecule has 1 aliphatic heterocycles. The van der Waals surface area contributed by atoms with Gasteiger partial charge in [0, 0.05) is 6.54 Å². The molecule has 4 nitrogen and oxygen atoms in total. The van der Waals surface area contributed by atoms with Gasteiger partial charge < -0.3 is 0 Å². The van der Waals surface area contributed by atoms with Crippen LogP contribution in [-0.2, 0) is 0 Å². The van der Waals surface area contributed by atoms with Crippen molar-refractivity contribution >= 4 is 6.08 Å². The Balaban J connectivity index is 2.89. The average molecular weight is 122 g/mol. The SMILES string of the molecule is C1=c2[nH]nnc2=NCC1. The van der Waals surface area contributed by atoms with Gasteiger partial charge in [0.1, 0.15) is 5.35 Å². The maximum absolute atomic E-state index is 4.12. The number of hydrogen-bond acceptors (Lipinski definition) is 3. The molecule has 0 saturated carbocycles. The van der Waals surface area contributed by atoms with Crippen molar-refractivity contribution in [3.63, 3.8) is 0 Å². The molecule has 2 rings (SSSR count). The van der Waals surface area contributed by atoms with E-state index >= 15 is 0 Å². The topological polar surface area (TPSA) is 53.9 Å². The number of H-pyrrole nitrogens is 1. The molecule has 2 heterocycles. The minimum absolute atomic E-state index is 0.751. The summed E-state index contributed by atoms with van der Waals surface area (Å²) in [5.74, 6) is 0. The van der Waals surface area contributed by atoms with Gasteiger partial charge in [0.25, 0.3) is 0 Å². The van der Waals surface area contributed by atoms with Crippen molar-refractivity contribution in [2.24, 2.45) is 4.99 Å².